The predicted molar refractivity (Wildman–Crippen MR) is 128 cm³/mol. The van der Waals surface area contributed by atoms with Crippen molar-refractivity contribution in [1.82, 2.24) is 9.62 Å². The van der Waals surface area contributed by atoms with Crippen molar-refractivity contribution in [3.63, 3.8) is 0 Å². The first-order valence-electron chi connectivity index (χ1n) is 11.0. The van der Waals surface area contributed by atoms with Gasteiger partial charge in [-0.3, -0.25) is 4.79 Å². The number of carbonyl (C=O) groups excluding carboxylic acids is 2. The summed E-state index contributed by atoms with van der Waals surface area (Å²) in [6, 6.07) is 19.4. The van der Waals surface area contributed by atoms with Crippen LogP contribution in [0.15, 0.2) is 83.8 Å². The van der Waals surface area contributed by atoms with Gasteiger partial charge in [0, 0.05) is 6.54 Å². The molecule has 3 aromatic rings. The van der Waals surface area contributed by atoms with E-state index in [0.29, 0.717) is 29.4 Å². The van der Waals surface area contributed by atoms with Crippen LogP contribution in [-0.2, 0) is 14.8 Å². The molecule has 0 aliphatic carbocycles. The van der Waals surface area contributed by atoms with Crippen LogP contribution in [0.3, 0.4) is 0 Å². The van der Waals surface area contributed by atoms with Crippen LogP contribution in [0.4, 0.5) is 10.5 Å². The van der Waals surface area contributed by atoms with Gasteiger partial charge in [-0.05, 0) is 67.1 Å². The number of anilines is 1. The summed E-state index contributed by atoms with van der Waals surface area (Å²) < 4.78 is 38.8. The number of imide groups is 1. The third kappa shape index (κ3) is 4.22. The number of urea groups is 1. The first-order chi connectivity index (χ1) is 16.9. The van der Waals surface area contributed by atoms with Crippen LogP contribution in [0.2, 0.25) is 0 Å². The topological polar surface area (TPSA) is 105 Å². The molecule has 3 amide bonds. The molecule has 2 fully saturated rings. The van der Waals surface area contributed by atoms with Gasteiger partial charge in [-0.1, -0.05) is 18.2 Å². The molecule has 3 aromatic carbocycles. The highest BCUT2D eigenvalue weighted by molar-refractivity contribution is 7.89. The number of nitrogens with zero attached hydrogens (tertiary/aromatic N) is 2. The van der Waals surface area contributed by atoms with Crippen LogP contribution in [0.1, 0.15) is 6.42 Å². The standard InChI is InChI=1S/C25H23N3O6S/c1-33-18-11-13-21(14-12-18)35(31,32)27-16-15-22-23(27)24(29)28(25(30)26-22)17-7-9-20(10-8-17)34-19-5-3-2-4-6-19/h2-14,22-23H,15-16H2,1H3,(H,26,30)/t22-,23+/m1/s1. The highest BCUT2D eigenvalue weighted by atomic mass is 32.2. The van der Waals surface area contributed by atoms with Gasteiger partial charge >= 0.3 is 6.03 Å². The first-order valence-corrected chi connectivity index (χ1v) is 12.5. The van der Waals surface area contributed by atoms with E-state index in [-0.39, 0.29) is 11.4 Å². The molecule has 1 N–H and O–H groups in total. The van der Waals surface area contributed by atoms with E-state index >= 15 is 0 Å². The van der Waals surface area contributed by atoms with E-state index < -0.39 is 34.0 Å². The number of para-hydroxylation sites is 1. The molecule has 9 nitrogen and oxygen atoms in total. The van der Waals surface area contributed by atoms with E-state index in [0.717, 1.165) is 4.90 Å². The van der Waals surface area contributed by atoms with Crippen molar-refractivity contribution in [2.75, 3.05) is 18.6 Å². The molecule has 0 bridgehead atoms. The lowest BCUT2D eigenvalue weighted by Crippen LogP contribution is -2.64. The normalized spacial score (nSPS) is 20.3. The van der Waals surface area contributed by atoms with Crippen molar-refractivity contribution in [3.8, 4) is 17.2 Å². The number of amides is 3. The van der Waals surface area contributed by atoms with Crippen LogP contribution < -0.4 is 19.7 Å². The third-order valence-corrected chi connectivity index (χ3v) is 7.97. The lowest BCUT2D eigenvalue weighted by molar-refractivity contribution is -0.122. The lowest BCUT2D eigenvalue weighted by Gasteiger charge is -2.36. The highest BCUT2D eigenvalue weighted by Crippen LogP contribution is 2.33. The fraction of sp³-hybridized carbons (Fsp3) is 0.200. The van der Waals surface area contributed by atoms with Gasteiger partial charge in [-0.15, -0.1) is 0 Å². The summed E-state index contributed by atoms with van der Waals surface area (Å²) in [6.07, 6.45) is 0.342. The van der Waals surface area contributed by atoms with Gasteiger partial charge in [0.05, 0.1) is 23.7 Å². The molecule has 2 aliphatic rings. The maximum absolute atomic E-state index is 13.5. The summed E-state index contributed by atoms with van der Waals surface area (Å²) in [5, 5.41) is 2.79. The Morgan fingerprint density at radius 2 is 1.49 bits per heavy atom. The molecule has 0 aromatic heterocycles. The Morgan fingerprint density at radius 3 is 2.14 bits per heavy atom. The molecule has 0 unspecified atom stereocenters. The number of hydrogen-bond acceptors (Lipinski definition) is 6. The minimum absolute atomic E-state index is 0.0533. The first kappa shape index (κ1) is 22.9. The van der Waals surface area contributed by atoms with Gasteiger partial charge in [0.1, 0.15) is 23.3 Å². The number of nitrogens with one attached hydrogen (secondary N) is 1. The monoisotopic (exact) mass is 493 g/mol. The number of fused-ring (bicyclic) bond motifs is 1. The van der Waals surface area contributed by atoms with Crippen LogP contribution in [0, 0.1) is 0 Å². The maximum Gasteiger partial charge on any atom is 0.329 e. The summed E-state index contributed by atoms with van der Waals surface area (Å²) in [5.41, 5.74) is 0.319. The van der Waals surface area contributed by atoms with Gasteiger partial charge in [0.2, 0.25) is 10.0 Å². The van der Waals surface area contributed by atoms with Crippen LogP contribution >= 0.6 is 0 Å². The van der Waals surface area contributed by atoms with Crippen molar-refractivity contribution < 1.29 is 27.5 Å². The highest BCUT2D eigenvalue weighted by Gasteiger charge is 2.52. The number of methoxy groups -OCH3 is 1. The SMILES string of the molecule is COc1ccc(S(=O)(=O)N2CC[C@H]3NC(=O)N(c4ccc(Oc5ccccc5)cc4)C(=O)[C@H]32)cc1. The summed E-state index contributed by atoms with van der Waals surface area (Å²) in [7, 11) is -2.48. The van der Waals surface area contributed by atoms with Crippen molar-refractivity contribution >= 4 is 27.6 Å². The van der Waals surface area contributed by atoms with E-state index in [2.05, 4.69) is 5.32 Å². The molecule has 10 heteroatoms. The third-order valence-electron chi connectivity index (χ3n) is 6.08. The molecule has 0 radical (unpaired) electrons. The van der Waals surface area contributed by atoms with E-state index in [4.69, 9.17) is 9.47 Å². The average molecular weight is 494 g/mol. The second-order valence-corrected chi connectivity index (χ2v) is 10.1. The summed E-state index contributed by atoms with van der Waals surface area (Å²) in [4.78, 5) is 27.3. The predicted octanol–water partition coefficient (Wildman–Crippen LogP) is 3.38. The number of rotatable bonds is 6. The Hall–Kier alpha value is -3.89. The molecule has 2 saturated heterocycles. The quantitative estimate of drug-likeness (QED) is 0.565. The number of ether oxygens (including phenoxy) is 2. The molecule has 5 rings (SSSR count). The van der Waals surface area contributed by atoms with Gasteiger partial charge in [0.15, 0.2) is 0 Å². The molecule has 180 valence electrons. The Balaban J connectivity index is 1.39. The van der Waals surface area contributed by atoms with Gasteiger partial charge < -0.3 is 14.8 Å². The Labute approximate surface area is 202 Å². The number of sulfonamides is 1. The van der Waals surface area contributed by atoms with E-state index in [1.807, 2.05) is 30.3 Å². The molecule has 35 heavy (non-hydrogen) atoms. The summed E-state index contributed by atoms with van der Waals surface area (Å²) >= 11 is 0. The second-order valence-electron chi connectivity index (χ2n) is 8.16. The van der Waals surface area contributed by atoms with Gasteiger partial charge in [-0.25, -0.2) is 18.1 Å². The zero-order valence-electron chi connectivity index (χ0n) is 18.8. The van der Waals surface area contributed by atoms with Crippen LogP contribution in [0.25, 0.3) is 0 Å². The fourth-order valence-corrected chi connectivity index (χ4v) is 5.98. The van der Waals surface area contributed by atoms with Crippen molar-refractivity contribution in [2.24, 2.45) is 0 Å². The average Bonchev–Trinajstić information content (AvgIpc) is 3.31. The van der Waals surface area contributed by atoms with Gasteiger partial charge in [0.25, 0.3) is 5.91 Å². The number of carbonyl (C=O) groups is 2. The lowest BCUT2D eigenvalue weighted by atomic mass is 10.1. The molecule has 2 atom stereocenters. The Bertz CT molecular complexity index is 1340. The Morgan fingerprint density at radius 1 is 0.857 bits per heavy atom. The molecular weight excluding hydrogens is 470 g/mol. The van der Waals surface area contributed by atoms with Gasteiger partial charge in [-0.2, -0.15) is 4.31 Å². The van der Waals surface area contributed by atoms with Crippen molar-refractivity contribution in [1.29, 1.82) is 0 Å². The Kier molecular flexibility index (Phi) is 5.91. The minimum atomic E-state index is -3.97. The molecule has 0 spiro atoms. The largest absolute Gasteiger partial charge is 0.497 e. The summed E-state index contributed by atoms with van der Waals surface area (Å²) in [5.74, 6) is 1.12. The smallest absolute Gasteiger partial charge is 0.329 e. The van der Waals surface area contributed by atoms with Crippen LogP contribution in [-0.4, -0.2) is 50.4 Å². The second kappa shape index (κ2) is 9.05. The number of benzene rings is 3. The van der Waals surface area contributed by atoms with Crippen LogP contribution in [0.5, 0.6) is 17.2 Å². The van der Waals surface area contributed by atoms with E-state index in [9.17, 15) is 18.0 Å². The van der Waals surface area contributed by atoms with Crippen molar-refractivity contribution in [2.45, 2.75) is 23.4 Å². The maximum atomic E-state index is 13.5. The summed E-state index contributed by atoms with van der Waals surface area (Å²) in [6.45, 7) is 0.118. The van der Waals surface area contributed by atoms with E-state index in [1.54, 1.807) is 36.4 Å². The number of hydrogen-bond donors (Lipinski definition) is 1. The molecule has 0 saturated carbocycles. The molecule has 2 heterocycles. The minimum Gasteiger partial charge on any atom is -0.497 e. The zero-order chi connectivity index (χ0) is 24.6. The van der Waals surface area contributed by atoms with E-state index in [1.165, 1.54) is 23.5 Å². The zero-order valence-corrected chi connectivity index (χ0v) is 19.6. The van der Waals surface area contributed by atoms with Crippen molar-refractivity contribution in [3.05, 3.63) is 78.9 Å². The fourth-order valence-electron chi connectivity index (χ4n) is 4.35. The molecule has 2 aliphatic heterocycles. The molecular formula is C25H23N3O6S.